The molecular weight excluding hydrogens is 305 g/mol. The van der Waals surface area contributed by atoms with Gasteiger partial charge in [0.15, 0.2) is 0 Å². The van der Waals surface area contributed by atoms with Crippen molar-refractivity contribution in [1.82, 2.24) is 15.3 Å². The second kappa shape index (κ2) is 5.74. The molecule has 0 saturated heterocycles. The summed E-state index contributed by atoms with van der Waals surface area (Å²) in [6.45, 7) is 1.89. The smallest absolute Gasteiger partial charge is 0.268 e. The Morgan fingerprint density at radius 1 is 1.38 bits per heavy atom. The number of H-pyrrole nitrogens is 1. The number of nitrogens with one attached hydrogen (secondary N) is 2. The van der Waals surface area contributed by atoms with Crippen LogP contribution in [0.15, 0.2) is 36.5 Å². The number of pyridine rings is 1. The molecule has 0 bridgehead atoms. The number of aryl methyl sites for hydroxylation is 2. The number of carbonyl (C=O) groups excluding carboxylic acids is 1. The maximum absolute atomic E-state index is 13.9. The third-order valence-electron chi connectivity index (χ3n) is 4.69. The van der Waals surface area contributed by atoms with Gasteiger partial charge in [0.05, 0.1) is 17.3 Å². The number of rotatable bonds is 2. The first kappa shape index (κ1) is 14.9. The molecule has 1 aliphatic carbocycles. The van der Waals surface area contributed by atoms with E-state index in [0.717, 1.165) is 30.5 Å². The summed E-state index contributed by atoms with van der Waals surface area (Å²) in [5, 5.41) is 3.48. The lowest BCUT2D eigenvalue weighted by Crippen LogP contribution is -2.31. The standard InChI is InChI=1S/C19H18FN3O/c1-11-7-8-14(20)13-10-16(22-17(11)13)19(24)23-15-6-2-4-12-5-3-9-21-18(12)15/h3,5,7-10,15,22H,2,4,6H2,1H3,(H,23,24). The van der Waals surface area contributed by atoms with E-state index < -0.39 is 0 Å². The summed E-state index contributed by atoms with van der Waals surface area (Å²) >= 11 is 0. The molecule has 24 heavy (non-hydrogen) atoms. The fourth-order valence-electron chi connectivity index (χ4n) is 3.43. The average Bonchev–Trinajstić information content (AvgIpc) is 3.05. The van der Waals surface area contributed by atoms with Crippen LogP contribution in [-0.2, 0) is 6.42 Å². The number of hydrogen-bond donors (Lipinski definition) is 2. The molecule has 2 N–H and O–H groups in total. The maximum Gasteiger partial charge on any atom is 0.268 e. The summed E-state index contributed by atoms with van der Waals surface area (Å²) in [6.07, 6.45) is 4.63. The number of hydrogen-bond acceptors (Lipinski definition) is 2. The highest BCUT2D eigenvalue weighted by Crippen LogP contribution is 2.28. The molecule has 122 valence electrons. The van der Waals surface area contributed by atoms with Gasteiger partial charge in [-0.15, -0.1) is 0 Å². The summed E-state index contributed by atoms with van der Waals surface area (Å²) in [7, 11) is 0. The third-order valence-corrected chi connectivity index (χ3v) is 4.69. The van der Waals surface area contributed by atoms with E-state index in [1.807, 2.05) is 13.0 Å². The number of benzene rings is 1. The lowest BCUT2D eigenvalue weighted by molar-refractivity contribution is 0.0927. The van der Waals surface area contributed by atoms with E-state index in [2.05, 4.69) is 21.4 Å². The molecule has 1 unspecified atom stereocenters. The molecule has 1 aliphatic rings. The zero-order valence-electron chi connectivity index (χ0n) is 13.4. The van der Waals surface area contributed by atoms with Crippen LogP contribution in [0.5, 0.6) is 0 Å². The fraction of sp³-hybridized carbons (Fsp3) is 0.263. The van der Waals surface area contributed by atoms with E-state index in [1.54, 1.807) is 18.3 Å². The monoisotopic (exact) mass is 323 g/mol. The van der Waals surface area contributed by atoms with Crippen molar-refractivity contribution < 1.29 is 9.18 Å². The molecule has 0 spiro atoms. The highest BCUT2D eigenvalue weighted by Gasteiger charge is 2.24. The van der Waals surface area contributed by atoms with Crippen LogP contribution in [0.3, 0.4) is 0 Å². The SMILES string of the molecule is Cc1ccc(F)c2cc(C(=O)NC3CCCc4cccnc43)[nH]c12. The van der Waals surface area contributed by atoms with Gasteiger partial charge in [-0.3, -0.25) is 9.78 Å². The number of amides is 1. The topological polar surface area (TPSA) is 57.8 Å². The largest absolute Gasteiger partial charge is 0.350 e. The van der Waals surface area contributed by atoms with Crippen LogP contribution in [0.1, 0.15) is 46.2 Å². The van der Waals surface area contributed by atoms with Crippen molar-refractivity contribution in [2.75, 3.05) is 0 Å². The number of halogens is 1. The Morgan fingerprint density at radius 3 is 3.08 bits per heavy atom. The van der Waals surface area contributed by atoms with Crippen molar-refractivity contribution >= 4 is 16.8 Å². The molecule has 0 radical (unpaired) electrons. The van der Waals surface area contributed by atoms with Crippen molar-refractivity contribution in [2.24, 2.45) is 0 Å². The summed E-state index contributed by atoms with van der Waals surface area (Å²) in [5.74, 6) is -0.552. The van der Waals surface area contributed by atoms with Crippen LogP contribution in [0.4, 0.5) is 4.39 Å². The first-order valence-electron chi connectivity index (χ1n) is 8.16. The Bertz CT molecular complexity index is 893. The third kappa shape index (κ3) is 2.46. The van der Waals surface area contributed by atoms with Crippen LogP contribution in [0.25, 0.3) is 10.9 Å². The van der Waals surface area contributed by atoms with Gasteiger partial charge in [0, 0.05) is 11.6 Å². The van der Waals surface area contributed by atoms with Gasteiger partial charge >= 0.3 is 0 Å². The lowest BCUT2D eigenvalue weighted by atomic mass is 9.92. The van der Waals surface area contributed by atoms with Crippen molar-refractivity contribution in [3.8, 4) is 0 Å². The number of aromatic amines is 1. The van der Waals surface area contributed by atoms with E-state index in [9.17, 15) is 9.18 Å². The highest BCUT2D eigenvalue weighted by molar-refractivity contribution is 5.99. The molecule has 0 aliphatic heterocycles. The van der Waals surface area contributed by atoms with Gasteiger partial charge in [0.25, 0.3) is 5.91 Å². The molecule has 5 heteroatoms. The van der Waals surface area contributed by atoms with Gasteiger partial charge in [-0.05, 0) is 55.5 Å². The predicted molar refractivity (Wildman–Crippen MR) is 90.4 cm³/mol. The molecule has 2 aromatic heterocycles. The Morgan fingerprint density at radius 2 is 2.25 bits per heavy atom. The number of fused-ring (bicyclic) bond motifs is 2. The number of aromatic nitrogens is 2. The minimum absolute atomic E-state index is 0.0974. The Labute approximate surface area is 139 Å². The normalized spacial score (nSPS) is 16.8. The zero-order valence-corrected chi connectivity index (χ0v) is 13.4. The molecule has 1 atom stereocenters. The van der Waals surface area contributed by atoms with Crippen LogP contribution >= 0.6 is 0 Å². The van der Waals surface area contributed by atoms with Crippen LogP contribution in [0, 0.1) is 12.7 Å². The predicted octanol–water partition coefficient (Wildman–Crippen LogP) is 3.82. The molecule has 3 aromatic rings. The minimum Gasteiger partial charge on any atom is -0.350 e. The maximum atomic E-state index is 13.9. The molecule has 0 fully saturated rings. The van der Waals surface area contributed by atoms with E-state index in [4.69, 9.17) is 0 Å². The lowest BCUT2D eigenvalue weighted by Gasteiger charge is -2.24. The van der Waals surface area contributed by atoms with Crippen LogP contribution in [0.2, 0.25) is 0 Å². The second-order valence-electron chi connectivity index (χ2n) is 6.30. The van der Waals surface area contributed by atoms with Gasteiger partial charge in [0.1, 0.15) is 11.5 Å². The van der Waals surface area contributed by atoms with E-state index in [1.165, 1.54) is 11.6 Å². The number of nitrogens with zero attached hydrogens (tertiary/aromatic N) is 1. The molecule has 1 amide bonds. The summed E-state index contributed by atoms with van der Waals surface area (Å²) in [5.41, 5.74) is 4.09. The van der Waals surface area contributed by atoms with E-state index in [-0.39, 0.29) is 17.8 Å². The Balaban J connectivity index is 1.64. The molecular formula is C19H18FN3O. The van der Waals surface area contributed by atoms with Crippen molar-refractivity contribution in [2.45, 2.75) is 32.2 Å². The molecule has 0 saturated carbocycles. The van der Waals surface area contributed by atoms with Gasteiger partial charge in [0.2, 0.25) is 0 Å². The molecule has 2 heterocycles. The van der Waals surface area contributed by atoms with Gasteiger partial charge < -0.3 is 10.3 Å². The number of carbonyl (C=O) groups is 1. The zero-order chi connectivity index (χ0) is 16.7. The van der Waals surface area contributed by atoms with Crippen molar-refractivity contribution in [3.05, 3.63) is 64.9 Å². The first-order valence-corrected chi connectivity index (χ1v) is 8.16. The van der Waals surface area contributed by atoms with E-state index in [0.29, 0.717) is 16.6 Å². The second-order valence-corrected chi connectivity index (χ2v) is 6.30. The summed E-state index contributed by atoms with van der Waals surface area (Å²) < 4.78 is 13.9. The van der Waals surface area contributed by atoms with Gasteiger partial charge in [-0.25, -0.2) is 4.39 Å². The summed E-state index contributed by atoms with van der Waals surface area (Å²) in [4.78, 5) is 20.1. The highest BCUT2D eigenvalue weighted by atomic mass is 19.1. The van der Waals surface area contributed by atoms with Crippen LogP contribution in [-0.4, -0.2) is 15.9 Å². The first-order chi connectivity index (χ1) is 11.6. The van der Waals surface area contributed by atoms with Crippen molar-refractivity contribution in [1.29, 1.82) is 0 Å². The van der Waals surface area contributed by atoms with E-state index >= 15 is 0 Å². The van der Waals surface area contributed by atoms with Crippen molar-refractivity contribution in [3.63, 3.8) is 0 Å². The Hall–Kier alpha value is -2.69. The molecule has 4 rings (SSSR count). The minimum atomic E-state index is -0.324. The fourth-order valence-corrected chi connectivity index (χ4v) is 3.43. The molecule has 4 nitrogen and oxygen atoms in total. The summed E-state index contributed by atoms with van der Waals surface area (Å²) in [6, 6.07) is 8.59. The quantitative estimate of drug-likeness (QED) is 0.753. The molecule has 1 aromatic carbocycles. The Kier molecular flexibility index (Phi) is 3.56. The average molecular weight is 323 g/mol. The van der Waals surface area contributed by atoms with Crippen LogP contribution < -0.4 is 5.32 Å². The van der Waals surface area contributed by atoms with Gasteiger partial charge in [-0.1, -0.05) is 12.1 Å². The van der Waals surface area contributed by atoms with Gasteiger partial charge in [-0.2, -0.15) is 0 Å².